The second kappa shape index (κ2) is 4.97. The van der Waals surface area contributed by atoms with Crippen LogP contribution in [0.4, 0.5) is 0 Å². The van der Waals surface area contributed by atoms with Crippen LogP contribution in [0.2, 0.25) is 13.1 Å². The summed E-state index contributed by atoms with van der Waals surface area (Å²) >= 11 is 6.06. The Morgan fingerprint density at radius 1 is 1.40 bits per heavy atom. The summed E-state index contributed by atoms with van der Waals surface area (Å²) in [5.74, 6) is 0. The molecule has 0 radical (unpaired) electrons. The topological polar surface area (TPSA) is 0 Å². The molecule has 0 saturated heterocycles. The molecule has 0 aromatic heterocycles. The van der Waals surface area contributed by atoms with Crippen molar-refractivity contribution in [1.82, 2.24) is 0 Å². The number of allylic oxidation sites excluding steroid dienone is 1. The van der Waals surface area contributed by atoms with Crippen LogP contribution in [0.3, 0.4) is 0 Å². The van der Waals surface area contributed by atoms with E-state index in [-0.39, 0.29) is 0 Å². The summed E-state index contributed by atoms with van der Waals surface area (Å²) < 4.78 is 0. The fourth-order valence-electron chi connectivity index (χ4n) is 0.686. The van der Waals surface area contributed by atoms with Crippen molar-refractivity contribution in [3.63, 3.8) is 0 Å². The van der Waals surface area contributed by atoms with Gasteiger partial charge in [-0.3, -0.25) is 0 Å². The Bertz CT molecular complexity index is 102. The van der Waals surface area contributed by atoms with E-state index in [0.717, 1.165) is 0 Å². The summed E-state index contributed by atoms with van der Waals surface area (Å²) in [6, 6.07) is 0. The summed E-state index contributed by atoms with van der Waals surface area (Å²) in [6.45, 7) is 6.48. The lowest BCUT2D eigenvalue weighted by Crippen LogP contribution is -2.11. The van der Waals surface area contributed by atoms with Crippen molar-refractivity contribution in [2.75, 3.05) is 0 Å². The third kappa shape index (κ3) is 8.25. The predicted molar refractivity (Wildman–Crippen MR) is 52.0 cm³/mol. The van der Waals surface area contributed by atoms with Crippen molar-refractivity contribution in [2.45, 2.75) is 39.3 Å². The van der Waals surface area contributed by atoms with Gasteiger partial charge in [-0.15, -0.1) is 0 Å². The maximum Gasteiger partial charge on any atom is 0.173 e. The fraction of sp³-hybridized carbons (Fsp3) is 0.750. The average molecular weight is 177 g/mol. The molecule has 0 aliphatic heterocycles. The van der Waals surface area contributed by atoms with Gasteiger partial charge in [0.25, 0.3) is 0 Å². The normalized spacial score (nSPS) is 12.8. The standard InChI is InChI=1S/C8H17ClSi/c1-4-5-6-7-8-10(2,3)9/h7-8H,4-6H2,1-3H3. The fourth-order valence-corrected chi connectivity index (χ4v) is 1.68. The predicted octanol–water partition coefficient (Wildman–Crippen LogP) is 3.72. The second-order valence-corrected chi connectivity index (χ2v) is 9.49. The number of hydrogen-bond donors (Lipinski definition) is 0. The van der Waals surface area contributed by atoms with Crippen molar-refractivity contribution in [2.24, 2.45) is 0 Å². The average Bonchev–Trinajstić information content (AvgIpc) is 1.78. The molecule has 0 aliphatic carbocycles. The van der Waals surface area contributed by atoms with Crippen LogP contribution < -0.4 is 0 Å². The van der Waals surface area contributed by atoms with Crippen LogP contribution in [0.1, 0.15) is 26.2 Å². The first kappa shape index (κ1) is 10.2. The Hall–Kier alpha value is 0.247. The summed E-state index contributed by atoms with van der Waals surface area (Å²) in [4.78, 5) is 0. The van der Waals surface area contributed by atoms with E-state index in [0.29, 0.717) is 0 Å². The van der Waals surface area contributed by atoms with Gasteiger partial charge >= 0.3 is 0 Å². The summed E-state index contributed by atoms with van der Waals surface area (Å²) in [5.41, 5.74) is 2.20. The molecule has 0 heterocycles. The van der Waals surface area contributed by atoms with Crippen molar-refractivity contribution >= 4 is 18.5 Å². The van der Waals surface area contributed by atoms with E-state index in [4.69, 9.17) is 11.1 Å². The van der Waals surface area contributed by atoms with E-state index in [9.17, 15) is 0 Å². The molecule has 0 aromatic carbocycles. The van der Waals surface area contributed by atoms with Gasteiger partial charge in [0.1, 0.15) is 0 Å². The molecule has 0 N–H and O–H groups in total. The largest absolute Gasteiger partial charge is 0.173 e. The Morgan fingerprint density at radius 2 is 2.00 bits per heavy atom. The molecule has 60 valence electrons. The molecule has 2 heteroatoms. The molecule has 0 saturated carbocycles. The zero-order chi connectivity index (χ0) is 8.04. The second-order valence-electron chi connectivity index (χ2n) is 3.11. The lowest BCUT2D eigenvalue weighted by molar-refractivity contribution is 0.815. The van der Waals surface area contributed by atoms with Gasteiger partial charge < -0.3 is 0 Å². The minimum atomic E-state index is -1.42. The van der Waals surface area contributed by atoms with Crippen LogP contribution in [-0.2, 0) is 0 Å². The minimum absolute atomic E-state index is 1.19. The van der Waals surface area contributed by atoms with E-state index in [1.54, 1.807) is 0 Å². The summed E-state index contributed by atoms with van der Waals surface area (Å²) in [5, 5.41) is 0. The Kier molecular flexibility index (Phi) is 5.09. The monoisotopic (exact) mass is 176 g/mol. The highest BCUT2D eigenvalue weighted by Gasteiger charge is 2.09. The van der Waals surface area contributed by atoms with Crippen LogP contribution in [0.25, 0.3) is 0 Å². The van der Waals surface area contributed by atoms with Crippen molar-refractivity contribution < 1.29 is 0 Å². The van der Waals surface area contributed by atoms with Crippen LogP contribution >= 0.6 is 11.1 Å². The molecule has 0 spiro atoms. The Morgan fingerprint density at radius 3 is 2.40 bits per heavy atom. The third-order valence-corrected chi connectivity index (χ3v) is 2.64. The van der Waals surface area contributed by atoms with Crippen LogP contribution in [-0.4, -0.2) is 7.38 Å². The van der Waals surface area contributed by atoms with Gasteiger partial charge in [-0.1, -0.05) is 44.6 Å². The molecule has 0 atom stereocenters. The molecular weight excluding hydrogens is 160 g/mol. The van der Waals surface area contributed by atoms with Gasteiger partial charge in [0.05, 0.1) is 0 Å². The highest BCUT2D eigenvalue weighted by atomic mass is 35.6. The van der Waals surface area contributed by atoms with Crippen LogP contribution in [0, 0.1) is 0 Å². The first-order valence-corrected chi connectivity index (χ1v) is 8.02. The molecule has 10 heavy (non-hydrogen) atoms. The van der Waals surface area contributed by atoms with E-state index in [1.165, 1.54) is 19.3 Å². The first-order chi connectivity index (χ1) is 4.56. The maximum atomic E-state index is 6.06. The maximum absolute atomic E-state index is 6.06. The summed E-state index contributed by atoms with van der Waals surface area (Å²) in [7, 11) is -1.42. The third-order valence-electron chi connectivity index (χ3n) is 1.24. The van der Waals surface area contributed by atoms with Crippen LogP contribution in [0.5, 0.6) is 0 Å². The van der Waals surface area contributed by atoms with Crippen molar-refractivity contribution in [3.05, 3.63) is 11.8 Å². The molecule has 0 nitrogen and oxygen atoms in total. The molecule has 0 rings (SSSR count). The molecule has 0 aromatic rings. The lowest BCUT2D eigenvalue weighted by atomic mass is 10.2. The van der Waals surface area contributed by atoms with Crippen molar-refractivity contribution in [1.29, 1.82) is 0 Å². The van der Waals surface area contributed by atoms with E-state index < -0.39 is 7.38 Å². The molecule has 0 unspecified atom stereocenters. The molecule has 0 bridgehead atoms. The van der Waals surface area contributed by atoms with Gasteiger partial charge in [0.2, 0.25) is 0 Å². The van der Waals surface area contributed by atoms with Gasteiger partial charge in [0.15, 0.2) is 7.38 Å². The number of rotatable bonds is 4. The quantitative estimate of drug-likeness (QED) is 0.348. The molecule has 0 amide bonds. The van der Waals surface area contributed by atoms with Crippen LogP contribution in [0.15, 0.2) is 11.8 Å². The minimum Gasteiger partial charge on any atom is -0.162 e. The molecule has 0 aliphatic rings. The van der Waals surface area contributed by atoms with Crippen molar-refractivity contribution in [3.8, 4) is 0 Å². The number of halogens is 1. The highest BCUT2D eigenvalue weighted by molar-refractivity contribution is 7.21. The smallest absolute Gasteiger partial charge is 0.162 e. The zero-order valence-corrected chi connectivity index (χ0v) is 8.91. The number of hydrogen-bond acceptors (Lipinski definition) is 0. The van der Waals surface area contributed by atoms with Gasteiger partial charge in [-0.05, 0) is 6.42 Å². The zero-order valence-electron chi connectivity index (χ0n) is 7.15. The van der Waals surface area contributed by atoms with E-state index >= 15 is 0 Å². The Balaban J connectivity index is 3.37. The summed E-state index contributed by atoms with van der Waals surface area (Å²) in [6.07, 6.45) is 5.98. The first-order valence-electron chi connectivity index (χ1n) is 3.93. The lowest BCUT2D eigenvalue weighted by Gasteiger charge is -2.03. The van der Waals surface area contributed by atoms with Gasteiger partial charge in [0, 0.05) is 0 Å². The van der Waals surface area contributed by atoms with E-state index in [2.05, 4.69) is 31.8 Å². The highest BCUT2D eigenvalue weighted by Crippen LogP contribution is 2.09. The molecular formula is C8H17ClSi. The van der Waals surface area contributed by atoms with Gasteiger partial charge in [-0.2, -0.15) is 11.1 Å². The van der Waals surface area contributed by atoms with E-state index in [1.807, 2.05) is 0 Å². The Labute approximate surface area is 70.0 Å². The molecule has 0 fully saturated rings. The van der Waals surface area contributed by atoms with Gasteiger partial charge in [-0.25, -0.2) is 0 Å². The number of unbranched alkanes of at least 4 members (excludes halogenated alkanes) is 2. The SMILES string of the molecule is CCCCC=C[Si](C)(C)Cl.